The lowest BCUT2D eigenvalue weighted by Crippen LogP contribution is -2.49. The van der Waals surface area contributed by atoms with E-state index in [0.29, 0.717) is 32.4 Å². The molecule has 0 aliphatic carbocycles. The number of hydrogen-bond donors (Lipinski definition) is 0. The fraction of sp³-hybridized carbons (Fsp3) is 0.385. The number of hydrazine groups is 1. The molecule has 0 bridgehead atoms. The first-order chi connectivity index (χ1) is 8.25. The van der Waals surface area contributed by atoms with Crippen LogP contribution in [0.15, 0.2) is 24.3 Å². The van der Waals surface area contributed by atoms with Gasteiger partial charge in [0.2, 0.25) is 11.8 Å². The monoisotopic (exact) mass is 266 g/mol. The van der Waals surface area contributed by atoms with Crippen LogP contribution in [0.1, 0.15) is 30.4 Å². The molecule has 1 aromatic rings. The molecule has 2 amide bonds. The summed E-state index contributed by atoms with van der Waals surface area (Å²) in [4.78, 5) is 23.6. The van der Waals surface area contributed by atoms with Gasteiger partial charge in [-0.25, -0.2) is 10.0 Å². The number of hydrogen-bond acceptors (Lipinski definition) is 3. The highest BCUT2D eigenvalue weighted by molar-refractivity contribution is 5.96. The number of piperidine rings is 1. The Morgan fingerprint density at radius 3 is 1.89 bits per heavy atom. The molecule has 1 fully saturated rings. The van der Waals surface area contributed by atoms with Gasteiger partial charge in [0.15, 0.2) is 0 Å². The van der Waals surface area contributed by atoms with Gasteiger partial charge in [-0.2, -0.15) is 0 Å². The summed E-state index contributed by atoms with van der Waals surface area (Å²) in [5.41, 5.74) is 2.41. The number of benzene rings is 1. The Kier molecular flexibility index (Phi) is 3.68. The van der Waals surface area contributed by atoms with Crippen molar-refractivity contribution in [2.24, 2.45) is 0 Å². The second-order valence-corrected chi connectivity index (χ2v) is 4.54. The summed E-state index contributed by atoms with van der Waals surface area (Å²) >= 11 is 0. The minimum atomic E-state index is -0.0611. The number of amides is 2. The number of carbonyl (C=O) groups is 2. The fourth-order valence-electron chi connectivity index (χ4n) is 2.51. The van der Waals surface area contributed by atoms with Crippen molar-refractivity contribution in [2.45, 2.75) is 32.4 Å². The second-order valence-electron chi connectivity index (χ2n) is 4.54. The molecular weight excluding hydrogens is 252 g/mol. The summed E-state index contributed by atoms with van der Waals surface area (Å²) in [5, 5.41) is 3.21. The Hall–Kier alpha value is -1.39. The molecule has 2 aliphatic heterocycles. The summed E-state index contributed by atoms with van der Waals surface area (Å²) in [6.07, 6.45) is 1.66. The molecule has 1 saturated heterocycles. The van der Waals surface area contributed by atoms with Crippen LogP contribution in [0.2, 0.25) is 0 Å². The zero-order chi connectivity index (χ0) is 11.8. The largest absolute Gasteiger partial charge is 0.273 e. The highest BCUT2D eigenvalue weighted by Crippen LogP contribution is 2.26. The SMILES string of the molecule is Cl.O=C1CCCC(=O)N1N1Cc2ccccc2C1. The number of rotatable bonds is 1. The Bertz CT molecular complexity index is 449. The normalized spacial score (nSPS) is 19.7. The van der Waals surface area contributed by atoms with Crippen molar-refractivity contribution >= 4 is 24.2 Å². The first-order valence-corrected chi connectivity index (χ1v) is 5.93. The predicted molar refractivity (Wildman–Crippen MR) is 68.6 cm³/mol. The standard InChI is InChI=1S/C13H14N2O2.ClH/c16-12-6-3-7-13(17)15(12)14-8-10-4-1-2-5-11(10)9-14;/h1-2,4-5H,3,6-9H2;1H. The van der Waals surface area contributed by atoms with Crippen LogP contribution in [0, 0.1) is 0 Å². The van der Waals surface area contributed by atoms with Crippen molar-refractivity contribution < 1.29 is 9.59 Å². The third-order valence-corrected chi connectivity index (χ3v) is 3.36. The van der Waals surface area contributed by atoms with Crippen LogP contribution in [0.25, 0.3) is 0 Å². The Morgan fingerprint density at radius 1 is 0.889 bits per heavy atom. The van der Waals surface area contributed by atoms with Crippen molar-refractivity contribution in [3.05, 3.63) is 35.4 Å². The maximum absolute atomic E-state index is 11.8. The summed E-state index contributed by atoms with van der Waals surface area (Å²) < 4.78 is 0. The lowest BCUT2D eigenvalue weighted by Gasteiger charge is -2.32. The highest BCUT2D eigenvalue weighted by atomic mass is 35.5. The van der Waals surface area contributed by atoms with E-state index >= 15 is 0 Å². The molecule has 4 nitrogen and oxygen atoms in total. The van der Waals surface area contributed by atoms with Crippen LogP contribution in [0.4, 0.5) is 0 Å². The number of halogens is 1. The van der Waals surface area contributed by atoms with Crippen molar-refractivity contribution in [2.75, 3.05) is 0 Å². The minimum Gasteiger partial charge on any atom is -0.273 e. The van der Waals surface area contributed by atoms with E-state index in [0.717, 1.165) is 0 Å². The molecule has 0 saturated carbocycles. The molecule has 0 aromatic heterocycles. The van der Waals surface area contributed by atoms with E-state index in [9.17, 15) is 9.59 Å². The lowest BCUT2D eigenvalue weighted by atomic mass is 10.1. The topological polar surface area (TPSA) is 40.6 Å². The van der Waals surface area contributed by atoms with Gasteiger partial charge >= 0.3 is 0 Å². The van der Waals surface area contributed by atoms with E-state index in [1.165, 1.54) is 16.1 Å². The van der Waals surface area contributed by atoms with Crippen LogP contribution in [0.5, 0.6) is 0 Å². The predicted octanol–water partition coefficient (Wildman–Crippen LogP) is 1.88. The highest BCUT2D eigenvalue weighted by Gasteiger charge is 2.34. The van der Waals surface area contributed by atoms with Crippen molar-refractivity contribution in [1.82, 2.24) is 10.0 Å². The summed E-state index contributed by atoms with van der Waals surface area (Å²) in [6, 6.07) is 8.08. The van der Waals surface area contributed by atoms with Crippen molar-refractivity contribution in [3.8, 4) is 0 Å². The Morgan fingerprint density at radius 2 is 1.39 bits per heavy atom. The molecule has 0 N–H and O–H groups in total. The van der Waals surface area contributed by atoms with Gasteiger partial charge in [-0.1, -0.05) is 24.3 Å². The average Bonchev–Trinajstić information content (AvgIpc) is 2.71. The smallest absolute Gasteiger partial charge is 0.243 e. The number of imide groups is 1. The van der Waals surface area contributed by atoms with Gasteiger partial charge in [-0.3, -0.25) is 9.59 Å². The number of nitrogens with zero attached hydrogens (tertiary/aromatic N) is 2. The van der Waals surface area contributed by atoms with Crippen molar-refractivity contribution in [3.63, 3.8) is 0 Å². The zero-order valence-corrected chi connectivity index (χ0v) is 10.8. The van der Waals surface area contributed by atoms with Crippen LogP contribution in [-0.4, -0.2) is 21.8 Å². The number of carbonyl (C=O) groups excluding carboxylic acids is 2. The van der Waals surface area contributed by atoms with Gasteiger partial charge in [-0.15, -0.1) is 12.4 Å². The van der Waals surface area contributed by atoms with Gasteiger partial charge in [0.05, 0.1) is 0 Å². The lowest BCUT2D eigenvalue weighted by molar-refractivity contribution is -0.169. The maximum Gasteiger partial charge on any atom is 0.243 e. The first kappa shape index (κ1) is 13.1. The number of fused-ring (bicyclic) bond motifs is 1. The van der Waals surface area contributed by atoms with E-state index in [2.05, 4.69) is 0 Å². The molecule has 2 heterocycles. The maximum atomic E-state index is 11.8. The van der Waals surface area contributed by atoms with E-state index in [-0.39, 0.29) is 24.2 Å². The van der Waals surface area contributed by atoms with Gasteiger partial charge in [0, 0.05) is 25.9 Å². The molecule has 96 valence electrons. The van der Waals surface area contributed by atoms with Gasteiger partial charge < -0.3 is 0 Å². The molecule has 18 heavy (non-hydrogen) atoms. The van der Waals surface area contributed by atoms with Gasteiger partial charge in [-0.05, 0) is 17.5 Å². The molecule has 0 spiro atoms. The van der Waals surface area contributed by atoms with E-state index in [1.54, 1.807) is 0 Å². The van der Waals surface area contributed by atoms with Gasteiger partial charge in [0.1, 0.15) is 0 Å². The molecule has 2 aliphatic rings. The minimum absolute atomic E-state index is 0. The quantitative estimate of drug-likeness (QED) is 0.729. The molecule has 0 atom stereocenters. The first-order valence-electron chi connectivity index (χ1n) is 5.93. The Labute approximate surface area is 112 Å². The molecule has 3 rings (SSSR count). The van der Waals surface area contributed by atoms with Crippen LogP contribution < -0.4 is 0 Å². The van der Waals surface area contributed by atoms with Crippen LogP contribution >= 0.6 is 12.4 Å². The zero-order valence-electron chi connectivity index (χ0n) is 9.96. The van der Waals surface area contributed by atoms with Gasteiger partial charge in [0.25, 0.3) is 0 Å². The summed E-state index contributed by atoms with van der Waals surface area (Å²) in [7, 11) is 0. The van der Waals surface area contributed by atoms with Crippen LogP contribution in [-0.2, 0) is 22.7 Å². The van der Waals surface area contributed by atoms with Crippen molar-refractivity contribution in [1.29, 1.82) is 0 Å². The third kappa shape index (κ3) is 2.13. The third-order valence-electron chi connectivity index (χ3n) is 3.36. The fourth-order valence-corrected chi connectivity index (χ4v) is 2.51. The molecule has 0 radical (unpaired) electrons. The molecule has 0 unspecified atom stereocenters. The van der Waals surface area contributed by atoms with E-state index in [1.807, 2.05) is 29.3 Å². The molecular formula is C13H15ClN2O2. The Balaban J connectivity index is 0.00000120. The molecule has 5 heteroatoms. The summed E-state index contributed by atoms with van der Waals surface area (Å²) in [6.45, 7) is 1.32. The summed E-state index contributed by atoms with van der Waals surface area (Å²) in [5.74, 6) is -0.122. The van der Waals surface area contributed by atoms with E-state index < -0.39 is 0 Å². The average molecular weight is 267 g/mol. The second kappa shape index (κ2) is 5.08. The van der Waals surface area contributed by atoms with Crippen LogP contribution in [0.3, 0.4) is 0 Å². The molecule has 1 aromatic carbocycles. The van der Waals surface area contributed by atoms with E-state index in [4.69, 9.17) is 0 Å².